The first-order chi connectivity index (χ1) is 8.75. The smallest absolute Gasteiger partial charge is 0.142 e. The van der Waals surface area contributed by atoms with Gasteiger partial charge >= 0.3 is 0 Å². The number of aryl methyl sites for hydroxylation is 1. The zero-order valence-corrected chi connectivity index (χ0v) is 10.1. The molecule has 0 aliphatic carbocycles. The van der Waals surface area contributed by atoms with Crippen molar-refractivity contribution in [3.63, 3.8) is 0 Å². The van der Waals surface area contributed by atoms with Gasteiger partial charge in [-0.1, -0.05) is 41.6 Å². The van der Waals surface area contributed by atoms with E-state index in [9.17, 15) is 4.39 Å². The monoisotopic (exact) mass is 243 g/mol. The van der Waals surface area contributed by atoms with Crippen LogP contribution in [0, 0.1) is 12.7 Å². The topological polar surface area (TPSA) is 21.6 Å². The lowest BCUT2D eigenvalue weighted by molar-refractivity contribution is 0.132. The summed E-state index contributed by atoms with van der Waals surface area (Å²) in [5, 5.41) is 3.90. The van der Waals surface area contributed by atoms with Crippen LogP contribution in [0.5, 0.6) is 0 Å². The van der Waals surface area contributed by atoms with E-state index in [4.69, 9.17) is 4.84 Å². The summed E-state index contributed by atoms with van der Waals surface area (Å²) in [6.45, 7) is 2.35. The molecule has 0 saturated carbocycles. The molecule has 0 N–H and O–H groups in total. The van der Waals surface area contributed by atoms with E-state index in [1.54, 1.807) is 18.3 Å². The Morgan fingerprint density at radius 1 is 1.11 bits per heavy atom. The zero-order chi connectivity index (χ0) is 12.8. The summed E-state index contributed by atoms with van der Waals surface area (Å²) in [6, 6.07) is 14.1. The average Bonchev–Trinajstić information content (AvgIpc) is 2.39. The molecule has 92 valence electrons. The van der Waals surface area contributed by atoms with Crippen molar-refractivity contribution in [3.05, 3.63) is 71.0 Å². The van der Waals surface area contributed by atoms with Crippen molar-refractivity contribution in [1.82, 2.24) is 0 Å². The molecular formula is C15H14FNO. The highest BCUT2D eigenvalue weighted by molar-refractivity contribution is 5.81. The maximum Gasteiger partial charge on any atom is 0.142 e. The van der Waals surface area contributed by atoms with Gasteiger partial charge in [-0.3, -0.25) is 0 Å². The van der Waals surface area contributed by atoms with Crippen LogP contribution in [0.4, 0.5) is 4.39 Å². The van der Waals surface area contributed by atoms with Gasteiger partial charge in [0.2, 0.25) is 0 Å². The fourth-order valence-corrected chi connectivity index (χ4v) is 1.52. The summed E-state index contributed by atoms with van der Waals surface area (Å²) in [5.74, 6) is -0.248. The fraction of sp³-hybridized carbons (Fsp3) is 0.133. The van der Waals surface area contributed by atoms with Gasteiger partial charge in [0.05, 0.1) is 6.21 Å². The SMILES string of the molecule is Cc1ccccc1C=NOCc1ccc(F)cc1. The first-order valence-electron chi connectivity index (χ1n) is 5.71. The Bertz CT molecular complexity index is 534. The Kier molecular flexibility index (Phi) is 4.07. The lowest BCUT2D eigenvalue weighted by Gasteiger charge is -2.00. The lowest BCUT2D eigenvalue weighted by atomic mass is 10.1. The molecule has 0 bridgehead atoms. The number of halogens is 1. The number of nitrogens with zero attached hydrogens (tertiary/aromatic N) is 1. The molecule has 2 nitrogen and oxygen atoms in total. The number of oxime groups is 1. The van der Waals surface area contributed by atoms with Crippen molar-refractivity contribution < 1.29 is 9.23 Å². The molecule has 0 unspecified atom stereocenters. The quantitative estimate of drug-likeness (QED) is 0.593. The second-order valence-corrected chi connectivity index (χ2v) is 3.99. The second-order valence-electron chi connectivity index (χ2n) is 3.99. The average molecular weight is 243 g/mol. The molecule has 2 rings (SSSR count). The molecule has 0 atom stereocenters. The Labute approximate surface area is 106 Å². The van der Waals surface area contributed by atoms with Crippen molar-refractivity contribution in [2.24, 2.45) is 5.16 Å². The molecule has 0 saturated heterocycles. The molecule has 2 aromatic carbocycles. The Balaban J connectivity index is 1.89. The standard InChI is InChI=1S/C15H14FNO/c1-12-4-2-3-5-14(12)10-17-18-11-13-6-8-15(16)9-7-13/h2-10H,11H2,1H3. The summed E-state index contributed by atoms with van der Waals surface area (Å²) >= 11 is 0. The van der Waals surface area contributed by atoms with Gasteiger partial charge in [0.25, 0.3) is 0 Å². The van der Waals surface area contributed by atoms with Crippen LogP contribution in [0.3, 0.4) is 0 Å². The van der Waals surface area contributed by atoms with Gasteiger partial charge in [-0.2, -0.15) is 0 Å². The van der Waals surface area contributed by atoms with E-state index >= 15 is 0 Å². The van der Waals surface area contributed by atoms with E-state index in [-0.39, 0.29) is 5.82 Å². The van der Waals surface area contributed by atoms with Crippen LogP contribution in [0.15, 0.2) is 53.7 Å². The minimum Gasteiger partial charge on any atom is -0.391 e. The molecule has 3 heteroatoms. The van der Waals surface area contributed by atoms with Crippen molar-refractivity contribution in [2.45, 2.75) is 13.5 Å². The van der Waals surface area contributed by atoms with E-state index in [2.05, 4.69) is 5.16 Å². The highest BCUT2D eigenvalue weighted by Gasteiger charge is 1.94. The van der Waals surface area contributed by atoms with Crippen LogP contribution in [0.1, 0.15) is 16.7 Å². The molecule has 0 fully saturated rings. The minimum atomic E-state index is -0.248. The molecule has 0 spiro atoms. The Hall–Kier alpha value is -2.16. The van der Waals surface area contributed by atoms with Crippen LogP contribution < -0.4 is 0 Å². The van der Waals surface area contributed by atoms with Gasteiger partial charge in [-0.25, -0.2) is 4.39 Å². The summed E-state index contributed by atoms with van der Waals surface area (Å²) in [5.41, 5.74) is 3.06. The second kappa shape index (κ2) is 5.96. The van der Waals surface area contributed by atoms with Crippen molar-refractivity contribution in [1.29, 1.82) is 0 Å². The van der Waals surface area contributed by atoms with Gasteiger partial charge in [-0.15, -0.1) is 0 Å². The molecule has 0 amide bonds. The highest BCUT2D eigenvalue weighted by Crippen LogP contribution is 2.06. The normalized spacial score (nSPS) is 10.8. The fourth-order valence-electron chi connectivity index (χ4n) is 1.52. The van der Waals surface area contributed by atoms with Gasteiger partial charge in [-0.05, 0) is 35.7 Å². The van der Waals surface area contributed by atoms with Gasteiger partial charge in [0.1, 0.15) is 12.4 Å². The molecular weight excluding hydrogens is 229 g/mol. The molecule has 0 aromatic heterocycles. The number of benzene rings is 2. The first kappa shape index (κ1) is 12.3. The van der Waals surface area contributed by atoms with E-state index in [1.807, 2.05) is 31.2 Å². The maximum atomic E-state index is 12.7. The molecule has 0 aliphatic rings. The van der Waals surface area contributed by atoms with Crippen LogP contribution in [0.25, 0.3) is 0 Å². The molecule has 18 heavy (non-hydrogen) atoms. The summed E-state index contributed by atoms with van der Waals surface area (Å²) in [7, 11) is 0. The predicted octanol–water partition coefficient (Wildman–Crippen LogP) is 3.68. The summed E-state index contributed by atoms with van der Waals surface area (Å²) < 4.78 is 12.7. The van der Waals surface area contributed by atoms with Crippen molar-refractivity contribution in [2.75, 3.05) is 0 Å². The third kappa shape index (κ3) is 3.42. The third-order valence-electron chi connectivity index (χ3n) is 2.60. The maximum absolute atomic E-state index is 12.7. The van der Waals surface area contributed by atoms with Crippen molar-refractivity contribution in [3.8, 4) is 0 Å². The van der Waals surface area contributed by atoms with Crippen LogP contribution in [-0.4, -0.2) is 6.21 Å². The minimum absolute atomic E-state index is 0.248. The van der Waals surface area contributed by atoms with Crippen LogP contribution >= 0.6 is 0 Å². The summed E-state index contributed by atoms with van der Waals surface area (Å²) in [4.78, 5) is 5.17. The van der Waals surface area contributed by atoms with Gasteiger partial charge in [0.15, 0.2) is 0 Å². The summed E-state index contributed by atoms with van der Waals surface area (Å²) in [6.07, 6.45) is 1.68. The number of rotatable bonds is 4. The highest BCUT2D eigenvalue weighted by atomic mass is 19.1. The predicted molar refractivity (Wildman–Crippen MR) is 70.0 cm³/mol. The van der Waals surface area contributed by atoms with Crippen molar-refractivity contribution >= 4 is 6.21 Å². The Morgan fingerprint density at radius 3 is 2.56 bits per heavy atom. The number of hydrogen-bond donors (Lipinski definition) is 0. The van der Waals surface area contributed by atoms with Gasteiger partial charge < -0.3 is 4.84 Å². The van der Waals surface area contributed by atoms with E-state index < -0.39 is 0 Å². The zero-order valence-electron chi connectivity index (χ0n) is 10.1. The molecule has 0 heterocycles. The lowest BCUT2D eigenvalue weighted by Crippen LogP contribution is -1.90. The van der Waals surface area contributed by atoms with E-state index in [0.29, 0.717) is 6.61 Å². The largest absolute Gasteiger partial charge is 0.391 e. The van der Waals surface area contributed by atoms with Gasteiger partial charge in [0, 0.05) is 0 Å². The van der Waals surface area contributed by atoms with Crippen LogP contribution in [0.2, 0.25) is 0 Å². The van der Waals surface area contributed by atoms with E-state index in [1.165, 1.54) is 12.1 Å². The number of hydrogen-bond acceptors (Lipinski definition) is 2. The molecule has 0 aliphatic heterocycles. The van der Waals surface area contributed by atoms with E-state index in [0.717, 1.165) is 16.7 Å². The first-order valence-corrected chi connectivity index (χ1v) is 5.71. The molecule has 2 aromatic rings. The Morgan fingerprint density at radius 2 is 1.83 bits per heavy atom. The third-order valence-corrected chi connectivity index (χ3v) is 2.60. The molecule has 0 radical (unpaired) electrons. The van der Waals surface area contributed by atoms with Crippen LogP contribution in [-0.2, 0) is 11.4 Å².